The Labute approximate surface area is 117 Å². The minimum Gasteiger partial charge on any atom is -0.376 e. The molecular formula is C16H16ClFO. The lowest BCUT2D eigenvalue weighted by molar-refractivity contribution is 0.0138. The van der Waals surface area contributed by atoms with Gasteiger partial charge in [0.1, 0.15) is 5.82 Å². The maximum Gasteiger partial charge on any atom is 0.131 e. The van der Waals surface area contributed by atoms with Crippen LogP contribution in [0.5, 0.6) is 0 Å². The second-order valence-corrected chi connectivity index (χ2v) is 5.46. The van der Waals surface area contributed by atoms with Crippen molar-refractivity contribution in [1.29, 1.82) is 0 Å². The van der Waals surface area contributed by atoms with E-state index in [4.69, 9.17) is 16.3 Å². The molecule has 1 fully saturated rings. The monoisotopic (exact) mass is 278 g/mol. The van der Waals surface area contributed by atoms with Gasteiger partial charge in [-0.25, -0.2) is 4.39 Å². The van der Waals surface area contributed by atoms with Gasteiger partial charge in [0.2, 0.25) is 0 Å². The van der Waals surface area contributed by atoms with Crippen molar-refractivity contribution < 1.29 is 9.13 Å². The zero-order valence-electron chi connectivity index (χ0n) is 10.6. The van der Waals surface area contributed by atoms with Crippen LogP contribution in [-0.2, 0) is 4.74 Å². The highest BCUT2D eigenvalue weighted by Gasteiger charge is 2.25. The molecule has 0 bridgehead atoms. The van der Waals surface area contributed by atoms with Crippen LogP contribution < -0.4 is 0 Å². The van der Waals surface area contributed by atoms with E-state index in [1.54, 1.807) is 12.1 Å². The van der Waals surface area contributed by atoms with Crippen molar-refractivity contribution in [2.75, 3.05) is 6.61 Å². The maximum atomic E-state index is 13.8. The number of hydrogen-bond donors (Lipinski definition) is 0. The van der Waals surface area contributed by atoms with E-state index in [1.165, 1.54) is 6.07 Å². The first-order valence-corrected chi connectivity index (χ1v) is 7.14. The number of halogens is 2. The number of benzene rings is 2. The molecule has 2 aromatic rings. The molecule has 100 valence electrons. The predicted octanol–water partition coefficient (Wildman–Crippen LogP) is 4.83. The van der Waals surface area contributed by atoms with Crippen LogP contribution in [-0.4, -0.2) is 12.7 Å². The molecule has 0 N–H and O–H groups in total. The third kappa shape index (κ3) is 2.47. The normalized spacial score (nSPS) is 21.5. The van der Waals surface area contributed by atoms with Gasteiger partial charge in [0, 0.05) is 12.0 Å². The number of hydrogen-bond acceptors (Lipinski definition) is 1. The van der Waals surface area contributed by atoms with Gasteiger partial charge in [-0.1, -0.05) is 30.3 Å². The van der Waals surface area contributed by atoms with E-state index < -0.39 is 0 Å². The molecule has 2 unspecified atom stereocenters. The van der Waals surface area contributed by atoms with Crippen molar-refractivity contribution in [2.24, 2.45) is 0 Å². The van der Waals surface area contributed by atoms with Crippen LogP contribution in [0, 0.1) is 5.82 Å². The van der Waals surface area contributed by atoms with Gasteiger partial charge in [-0.15, -0.1) is 11.6 Å². The first kappa shape index (κ1) is 12.9. The van der Waals surface area contributed by atoms with Crippen molar-refractivity contribution in [3.63, 3.8) is 0 Å². The summed E-state index contributed by atoms with van der Waals surface area (Å²) < 4.78 is 19.5. The molecule has 0 amide bonds. The minimum absolute atomic E-state index is 0.0317. The summed E-state index contributed by atoms with van der Waals surface area (Å²) in [6, 6.07) is 10.8. The summed E-state index contributed by atoms with van der Waals surface area (Å²) in [6.45, 7) is 0.771. The van der Waals surface area contributed by atoms with Crippen LogP contribution in [0.1, 0.15) is 30.2 Å². The van der Waals surface area contributed by atoms with Crippen LogP contribution in [0.25, 0.3) is 10.8 Å². The van der Waals surface area contributed by atoms with E-state index in [2.05, 4.69) is 0 Å². The molecule has 1 aliphatic heterocycles. The third-order valence-corrected chi connectivity index (χ3v) is 4.26. The standard InChI is InChI=1S/C16H16ClFO/c17-16(15-7-3-4-10-19-15)13-8-9-14(18)12-6-2-1-5-11(12)13/h1-2,5-6,8-9,15-16H,3-4,7,10H2. The van der Waals surface area contributed by atoms with E-state index in [0.717, 1.165) is 36.8 Å². The van der Waals surface area contributed by atoms with Gasteiger partial charge >= 0.3 is 0 Å². The molecule has 1 heterocycles. The highest BCUT2D eigenvalue weighted by Crippen LogP contribution is 2.36. The van der Waals surface area contributed by atoms with Crippen molar-refractivity contribution in [3.8, 4) is 0 Å². The first-order chi connectivity index (χ1) is 9.27. The summed E-state index contributed by atoms with van der Waals surface area (Å²) >= 11 is 6.57. The number of ether oxygens (including phenoxy) is 1. The molecule has 0 aromatic heterocycles. The number of rotatable bonds is 2. The minimum atomic E-state index is -0.217. The fourth-order valence-electron chi connectivity index (χ4n) is 2.72. The Bertz CT molecular complexity index is 578. The first-order valence-electron chi connectivity index (χ1n) is 6.70. The molecule has 1 aliphatic rings. The molecule has 1 saturated heterocycles. The average Bonchev–Trinajstić information content (AvgIpc) is 2.48. The van der Waals surface area contributed by atoms with Crippen LogP contribution in [0.3, 0.4) is 0 Å². The average molecular weight is 279 g/mol. The Balaban J connectivity index is 2.02. The third-order valence-electron chi connectivity index (χ3n) is 3.74. The summed E-state index contributed by atoms with van der Waals surface area (Å²) in [5.41, 5.74) is 0.963. The van der Waals surface area contributed by atoms with E-state index in [0.29, 0.717) is 5.39 Å². The Morgan fingerprint density at radius 1 is 1.11 bits per heavy atom. The van der Waals surface area contributed by atoms with Crippen LogP contribution in [0.4, 0.5) is 4.39 Å². The molecule has 2 atom stereocenters. The quantitative estimate of drug-likeness (QED) is 0.715. The molecule has 3 heteroatoms. The van der Waals surface area contributed by atoms with Crippen LogP contribution in [0.2, 0.25) is 0 Å². The Kier molecular flexibility index (Phi) is 3.72. The van der Waals surface area contributed by atoms with Crippen molar-refractivity contribution in [3.05, 3.63) is 47.8 Å². The summed E-state index contributed by atoms with van der Waals surface area (Å²) in [4.78, 5) is 0. The maximum absolute atomic E-state index is 13.8. The number of fused-ring (bicyclic) bond motifs is 1. The van der Waals surface area contributed by atoms with E-state index in [9.17, 15) is 4.39 Å². The van der Waals surface area contributed by atoms with Crippen LogP contribution >= 0.6 is 11.6 Å². The largest absolute Gasteiger partial charge is 0.376 e. The van der Waals surface area contributed by atoms with Crippen LogP contribution in [0.15, 0.2) is 36.4 Å². The van der Waals surface area contributed by atoms with Crippen molar-refractivity contribution in [2.45, 2.75) is 30.7 Å². The molecule has 3 rings (SSSR count). The van der Waals surface area contributed by atoms with Gasteiger partial charge < -0.3 is 4.74 Å². The Hall–Kier alpha value is -1.12. The molecule has 19 heavy (non-hydrogen) atoms. The molecule has 0 radical (unpaired) electrons. The second kappa shape index (κ2) is 5.48. The molecule has 0 aliphatic carbocycles. The smallest absolute Gasteiger partial charge is 0.131 e. The van der Waals surface area contributed by atoms with Gasteiger partial charge in [0.15, 0.2) is 0 Å². The lowest BCUT2D eigenvalue weighted by Crippen LogP contribution is -2.23. The summed E-state index contributed by atoms with van der Waals surface area (Å²) in [6.07, 6.45) is 3.25. The van der Waals surface area contributed by atoms with Gasteiger partial charge in [-0.2, -0.15) is 0 Å². The zero-order valence-corrected chi connectivity index (χ0v) is 11.4. The molecule has 1 nitrogen and oxygen atoms in total. The van der Waals surface area contributed by atoms with Gasteiger partial charge in [0.25, 0.3) is 0 Å². The Morgan fingerprint density at radius 2 is 1.89 bits per heavy atom. The van der Waals surface area contributed by atoms with E-state index in [1.807, 2.05) is 18.2 Å². The molecule has 0 spiro atoms. The fraction of sp³-hybridized carbons (Fsp3) is 0.375. The van der Waals surface area contributed by atoms with E-state index in [-0.39, 0.29) is 17.3 Å². The highest BCUT2D eigenvalue weighted by molar-refractivity contribution is 6.22. The summed E-state index contributed by atoms with van der Waals surface area (Å²) in [5.74, 6) is -0.201. The van der Waals surface area contributed by atoms with Gasteiger partial charge in [-0.3, -0.25) is 0 Å². The zero-order chi connectivity index (χ0) is 13.2. The fourth-order valence-corrected chi connectivity index (χ4v) is 3.11. The van der Waals surface area contributed by atoms with Gasteiger partial charge in [0.05, 0.1) is 11.5 Å². The number of alkyl halides is 1. The highest BCUT2D eigenvalue weighted by atomic mass is 35.5. The topological polar surface area (TPSA) is 9.23 Å². The Morgan fingerprint density at radius 3 is 2.63 bits per heavy atom. The predicted molar refractivity (Wildman–Crippen MR) is 76.1 cm³/mol. The molecule has 2 aromatic carbocycles. The van der Waals surface area contributed by atoms with Crippen molar-refractivity contribution >= 4 is 22.4 Å². The van der Waals surface area contributed by atoms with Crippen molar-refractivity contribution in [1.82, 2.24) is 0 Å². The molecular weight excluding hydrogens is 263 g/mol. The SMILES string of the molecule is Fc1ccc(C(Cl)C2CCCCO2)c2ccccc12. The molecule has 0 saturated carbocycles. The van der Waals surface area contributed by atoms with E-state index >= 15 is 0 Å². The van der Waals surface area contributed by atoms with Gasteiger partial charge in [-0.05, 0) is 36.3 Å². The summed E-state index contributed by atoms with van der Waals surface area (Å²) in [5, 5.41) is 1.30. The second-order valence-electron chi connectivity index (χ2n) is 4.99. The lowest BCUT2D eigenvalue weighted by atomic mass is 9.96. The lowest BCUT2D eigenvalue weighted by Gasteiger charge is -2.27. The summed E-state index contributed by atoms with van der Waals surface area (Å²) in [7, 11) is 0.